The first-order valence-electron chi connectivity index (χ1n) is 5.95. The molecule has 0 spiro atoms. The maximum Gasteiger partial charge on any atom is 0.344 e. The van der Waals surface area contributed by atoms with Crippen LogP contribution in [-0.4, -0.2) is 38.9 Å². The third-order valence-corrected chi connectivity index (χ3v) is 3.61. The summed E-state index contributed by atoms with van der Waals surface area (Å²) in [6.45, 7) is 2.58. The molecule has 0 radical (unpaired) electrons. The number of carbonyl (C=O) groups is 1. The number of urea groups is 1. The first-order valence-corrected chi connectivity index (χ1v) is 5.95. The molecule has 6 nitrogen and oxygen atoms in total. The highest BCUT2D eigenvalue weighted by Crippen LogP contribution is 2.37. The summed E-state index contributed by atoms with van der Waals surface area (Å²) in [5, 5.41) is 14.4. The predicted molar refractivity (Wildman–Crippen MR) is 57.4 cm³/mol. The fraction of sp³-hybridized carbons (Fsp3) is 0.636. The number of aryl methyl sites for hydroxylation is 1. The normalized spacial score (nSPS) is 28.0. The van der Waals surface area contributed by atoms with Gasteiger partial charge in [0.05, 0.1) is 12.1 Å². The second-order valence-corrected chi connectivity index (χ2v) is 4.60. The molecule has 92 valence electrons. The lowest BCUT2D eigenvalue weighted by Gasteiger charge is -2.28. The molecule has 3 rings (SSSR count). The third-order valence-electron chi connectivity index (χ3n) is 3.61. The molecule has 2 aliphatic heterocycles. The number of rotatable bonds is 2. The largest absolute Gasteiger partial charge is 0.361 e. The van der Waals surface area contributed by atoms with E-state index in [2.05, 4.69) is 5.16 Å². The standard InChI is InChI=1S/C11H15N3O3/c1-2-8-5-9(12-17-8)10-4-3-7-6-13(10)11(15)14(7)16/h5,7,10,16H,2-4,6H2,1H3/t7-,10+/m1/s1. The zero-order chi connectivity index (χ0) is 12.0. The van der Waals surface area contributed by atoms with Gasteiger partial charge in [-0.2, -0.15) is 0 Å². The number of nitrogens with zero attached hydrogens (tertiary/aromatic N) is 3. The molecule has 2 aliphatic rings. The van der Waals surface area contributed by atoms with Crippen LogP contribution in [0.1, 0.15) is 37.3 Å². The Labute approximate surface area is 98.7 Å². The van der Waals surface area contributed by atoms with E-state index in [-0.39, 0.29) is 18.1 Å². The maximum absolute atomic E-state index is 11.8. The molecule has 17 heavy (non-hydrogen) atoms. The number of hydrogen-bond acceptors (Lipinski definition) is 4. The minimum absolute atomic E-state index is 0.0556. The molecule has 2 saturated heterocycles. The summed E-state index contributed by atoms with van der Waals surface area (Å²) < 4.78 is 5.17. The fourth-order valence-corrected chi connectivity index (χ4v) is 2.61. The highest BCUT2D eigenvalue weighted by Gasteiger charge is 2.45. The average Bonchev–Trinajstić information content (AvgIpc) is 2.91. The van der Waals surface area contributed by atoms with E-state index in [0.29, 0.717) is 6.54 Å². The highest BCUT2D eigenvalue weighted by molar-refractivity contribution is 5.76. The van der Waals surface area contributed by atoms with Crippen LogP contribution in [-0.2, 0) is 6.42 Å². The lowest BCUT2D eigenvalue weighted by atomic mass is 9.98. The van der Waals surface area contributed by atoms with Crippen molar-refractivity contribution in [3.05, 3.63) is 17.5 Å². The van der Waals surface area contributed by atoms with E-state index in [1.54, 1.807) is 4.90 Å². The zero-order valence-corrected chi connectivity index (χ0v) is 9.67. The first-order chi connectivity index (χ1) is 8.20. The number of carbonyl (C=O) groups excluding carboxylic acids is 1. The van der Waals surface area contributed by atoms with Gasteiger partial charge in [-0.15, -0.1) is 0 Å². The molecule has 6 heteroatoms. The molecule has 0 unspecified atom stereocenters. The van der Waals surface area contributed by atoms with Crippen LogP contribution in [0, 0.1) is 0 Å². The highest BCUT2D eigenvalue weighted by atomic mass is 16.5. The van der Waals surface area contributed by atoms with Crippen molar-refractivity contribution in [2.24, 2.45) is 0 Å². The number of fused-ring (bicyclic) bond motifs is 2. The van der Waals surface area contributed by atoms with Crippen molar-refractivity contribution >= 4 is 6.03 Å². The van der Waals surface area contributed by atoms with E-state index in [9.17, 15) is 10.0 Å². The monoisotopic (exact) mass is 237 g/mol. The molecule has 2 atom stereocenters. The van der Waals surface area contributed by atoms with Crippen LogP contribution in [0.25, 0.3) is 0 Å². The van der Waals surface area contributed by atoms with E-state index in [4.69, 9.17) is 4.52 Å². The molecule has 0 aliphatic carbocycles. The van der Waals surface area contributed by atoms with Gasteiger partial charge in [0, 0.05) is 19.0 Å². The van der Waals surface area contributed by atoms with Gasteiger partial charge in [0.25, 0.3) is 0 Å². The summed E-state index contributed by atoms with van der Waals surface area (Å²) in [5.74, 6) is 0.828. The van der Waals surface area contributed by atoms with Gasteiger partial charge >= 0.3 is 6.03 Å². The summed E-state index contributed by atoms with van der Waals surface area (Å²) in [6.07, 6.45) is 2.42. The van der Waals surface area contributed by atoms with Crippen molar-refractivity contribution in [3.8, 4) is 0 Å². The number of piperidine rings is 1. The Morgan fingerprint density at radius 1 is 1.59 bits per heavy atom. The van der Waals surface area contributed by atoms with Gasteiger partial charge in [0.1, 0.15) is 11.5 Å². The van der Waals surface area contributed by atoms with Crippen LogP contribution in [0.3, 0.4) is 0 Å². The Hall–Kier alpha value is -1.56. The van der Waals surface area contributed by atoms with E-state index >= 15 is 0 Å². The minimum Gasteiger partial charge on any atom is -0.361 e. The lowest BCUT2D eigenvalue weighted by Crippen LogP contribution is -2.34. The minimum atomic E-state index is -0.321. The van der Waals surface area contributed by atoms with Gasteiger partial charge in [-0.25, -0.2) is 9.86 Å². The van der Waals surface area contributed by atoms with Gasteiger partial charge in [-0.3, -0.25) is 5.21 Å². The van der Waals surface area contributed by atoms with E-state index < -0.39 is 0 Å². The van der Waals surface area contributed by atoms with Crippen LogP contribution in [0.4, 0.5) is 4.79 Å². The molecule has 2 fully saturated rings. The molecule has 1 aromatic heterocycles. The van der Waals surface area contributed by atoms with Crippen molar-refractivity contribution in [3.63, 3.8) is 0 Å². The smallest absolute Gasteiger partial charge is 0.344 e. The number of aromatic nitrogens is 1. The Bertz CT molecular complexity index is 445. The summed E-state index contributed by atoms with van der Waals surface area (Å²) in [6, 6.07) is 1.47. The quantitative estimate of drug-likeness (QED) is 0.792. The molecule has 0 aromatic carbocycles. The Balaban J connectivity index is 1.87. The van der Waals surface area contributed by atoms with Crippen molar-refractivity contribution in [1.29, 1.82) is 0 Å². The van der Waals surface area contributed by atoms with Crippen LogP contribution in [0.2, 0.25) is 0 Å². The van der Waals surface area contributed by atoms with Crippen molar-refractivity contribution in [2.45, 2.75) is 38.3 Å². The Morgan fingerprint density at radius 2 is 2.41 bits per heavy atom. The van der Waals surface area contributed by atoms with Crippen LogP contribution < -0.4 is 0 Å². The zero-order valence-electron chi connectivity index (χ0n) is 9.67. The predicted octanol–water partition coefficient (Wildman–Crippen LogP) is 1.57. The summed E-state index contributed by atoms with van der Waals surface area (Å²) in [5.41, 5.74) is 0.795. The maximum atomic E-state index is 11.8. The van der Waals surface area contributed by atoms with Crippen molar-refractivity contribution < 1.29 is 14.5 Å². The van der Waals surface area contributed by atoms with Crippen molar-refractivity contribution in [1.82, 2.24) is 15.1 Å². The molecule has 2 bridgehead atoms. The van der Waals surface area contributed by atoms with E-state index in [1.165, 1.54) is 0 Å². The average molecular weight is 237 g/mol. The Kier molecular flexibility index (Phi) is 2.32. The molecule has 3 heterocycles. The molecule has 2 amide bonds. The number of hydroxylamine groups is 2. The molecular weight excluding hydrogens is 222 g/mol. The molecule has 1 N–H and O–H groups in total. The van der Waals surface area contributed by atoms with Gasteiger partial charge in [-0.05, 0) is 12.8 Å². The van der Waals surface area contributed by atoms with Crippen molar-refractivity contribution in [2.75, 3.05) is 6.54 Å². The van der Waals surface area contributed by atoms with E-state index in [1.807, 2.05) is 13.0 Å². The number of amides is 2. The third kappa shape index (κ3) is 1.51. The molecular formula is C11H15N3O3. The van der Waals surface area contributed by atoms with Crippen LogP contribution in [0.5, 0.6) is 0 Å². The van der Waals surface area contributed by atoms with Gasteiger partial charge < -0.3 is 9.42 Å². The first kappa shape index (κ1) is 10.6. The summed E-state index contributed by atoms with van der Waals surface area (Å²) in [7, 11) is 0. The van der Waals surface area contributed by atoms with Gasteiger partial charge in [0.2, 0.25) is 0 Å². The van der Waals surface area contributed by atoms with Crippen LogP contribution >= 0.6 is 0 Å². The molecule has 0 saturated carbocycles. The second kappa shape index (κ2) is 3.73. The second-order valence-electron chi connectivity index (χ2n) is 4.60. The van der Waals surface area contributed by atoms with Crippen LogP contribution in [0.15, 0.2) is 10.6 Å². The van der Waals surface area contributed by atoms with Gasteiger partial charge in [0.15, 0.2) is 0 Å². The van der Waals surface area contributed by atoms with E-state index in [0.717, 1.165) is 35.8 Å². The summed E-state index contributed by atoms with van der Waals surface area (Å²) in [4.78, 5) is 13.5. The summed E-state index contributed by atoms with van der Waals surface area (Å²) >= 11 is 0. The van der Waals surface area contributed by atoms with Gasteiger partial charge in [-0.1, -0.05) is 12.1 Å². The lowest BCUT2D eigenvalue weighted by molar-refractivity contribution is -0.0584. The number of hydrogen-bond donors (Lipinski definition) is 1. The Morgan fingerprint density at radius 3 is 3.12 bits per heavy atom. The molecule has 1 aromatic rings. The fourth-order valence-electron chi connectivity index (χ4n) is 2.61. The topological polar surface area (TPSA) is 69.8 Å². The SMILES string of the molecule is CCc1cc([C@@H]2CC[C@@H]3CN2C(=O)N3O)no1.